The molecule has 0 spiro atoms. The average molecular weight is 679 g/mol. The lowest BCUT2D eigenvalue weighted by molar-refractivity contribution is -0.139. The summed E-state index contributed by atoms with van der Waals surface area (Å²) in [5, 5.41) is 0. The molecular formula is C42H38N4O3S. The first kappa shape index (κ1) is 32.8. The highest BCUT2D eigenvalue weighted by atomic mass is 32.1. The molecule has 6 aromatic rings. The van der Waals surface area contributed by atoms with E-state index >= 15 is 0 Å². The number of benzene rings is 4. The molecule has 8 heteroatoms. The zero-order valence-corrected chi connectivity index (χ0v) is 29.6. The fraction of sp³-hybridized carbons (Fsp3) is 0.167. The second kappa shape index (κ2) is 13.6. The molecule has 0 radical (unpaired) electrons. The number of allylic oxidation sites excluding steroid dienone is 1. The molecule has 0 fully saturated rings. The summed E-state index contributed by atoms with van der Waals surface area (Å²) in [6, 6.07) is 38.5. The number of aromatic nitrogens is 2. The maximum Gasteiger partial charge on any atom is 0.338 e. The first-order valence-corrected chi connectivity index (χ1v) is 17.5. The van der Waals surface area contributed by atoms with Gasteiger partial charge in [-0.25, -0.2) is 9.79 Å². The predicted octanol–water partition coefficient (Wildman–Crippen LogP) is 7.30. The van der Waals surface area contributed by atoms with Gasteiger partial charge in [0.2, 0.25) is 0 Å². The molecule has 4 aromatic carbocycles. The van der Waals surface area contributed by atoms with E-state index < -0.39 is 12.0 Å². The van der Waals surface area contributed by atoms with E-state index in [0.717, 1.165) is 45.0 Å². The summed E-state index contributed by atoms with van der Waals surface area (Å²) in [6.45, 7) is 5.89. The van der Waals surface area contributed by atoms with Gasteiger partial charge in [0.25, 0.3) is 5.56 Å². The maximum absolute atomic E-state index is 14.6. The number of hydrogen-bond donors (Lipinski definition) is 0. The zero-order valence-electron chi connectivity index (χ0n) is 28.8. The summed E-state index contributed by atoms with van der Waals surface area (Å²) >= 11 is 1.33. The van der Waals surface area contributed by atoms with Gasteiger partial charge in [-0.05, 0) is 73.9 Å². The van der Waals surface area contributed by atoms with Crippen LogP contribution in [0.3, 0.4) is 0 Å². The van der Waals surface area contributed by atoms with Crippen LogP contribution in [-0.2, 0) is 9.53 Å². The lowest BCUT2D eigenvalue weighted by atomic mass is 9.95. The third-order valence-corrected chi connectivity index (χ3v) is 9.95. The van der Waals surface area contributed by atoms with Crippen LogP contribution in [0, 0.1) is 6.92 Å². The number of nitrogens with zero attached hydrogens (tertiary/aromatic N) is 4. The number of hydrogen-bond acceptors (Lipinski definition) is 6. The molecule has 0 unspecified atom stereocenters. The predicted molar refractivity (Wildman–Crippen MR) is 203 cm³/mol. The largest absolute Gasteiger partial charge is 0.463 e. The number of esters is 1. The molecule has 0 saturated carbocycles. The van der Waals surface area contributed by atoms with Crippen molar-refractivity contribution < 1.29 is 9.53 Å². The molecular weight excluding hydrogens is 641 g/mol. The van der Waals surface area contributed by atoms with Crippen molar-refractivity contribution in [3.05, 3.63) is 163 Å². The minimum absolute atomic E-state index is 0.215. The van der Waals surface area contributed by atoms with Gasteiger partial charge in [0.15, 0.2) is 4.80 Å². The van der Waals surface area contributed by atoms with Crippen molar-refractivity contribution in [2.75, 3.05) is 25.6 Å². The summed E-state index contributed by atoms with van der Waals surface area (Å²) in [5.41, 5.74) is 9.66. The first-order valence-electron chi connectivity index (χ1n) is 16.7. The maximum atomic E-state index is 14.6. The van der Waals surface area contributed by atoms with Crippen LogP contribution in [0.4, 0.5) is 5.69 Å². The fourth-order valence-electron chi connectivity index (χ4n) is 6.52. The van der Waals surface area contributed by atoms with Gasteiger partial charge in [-0.3, -0.25) is 9.36 Å². The molecule has 0 N–H and O–H groups in total. The van der Waals surface area contributed by atoms with Crippen LogP contribution in [0.5, 0.6) is 0 Å². The number of carbonyl (C=O) groups is 1. The molecule has 1 aliphatic heterocycles. The molecule has 1 aliphatic rings. The van der Waals surface area contributed by atoms with Crippen molar-refractivity contribution in [3.63, 3.8) is 0 Å². The van der Waals surface area contributed by atoms with E-state index in [-0.39, 0.29) is 12.2 Å². The van der Waals surface area contributed by atoms with E-state index in [1.54, 1.807) is 11.5 Å². The van der Waals surface area contributed by atoms with E-state index in [9.17, 15) is 9.59 Å². The number of anilines is 1. The Balaban J connectivity index is 1.49. The molecule has 250 valence electrons. The van der Waals surface area contributed by atoms with Gasteiger partial charge in [0, 0.05) is 31.0 Å². The number of fused-ring (bicyclic) bond motifs is 1. The second-order valence-corrected chi connectivity index (χ2v) is 13.5. The van der Waals surface area contributed by atoms with E-state index in [2.05, 4.69) is 66.1 Å². The Labute approximate surface area is 295 Å². The Morgan fingerprint density at radius 3 is 2.14 bits per heavy atom. The monoisotopic (exact) mass is 678 g/mol. The van der Waals surface area contributed by atoms with E-state index in [1.165, 1.54) is 16.9 Å². The van der Waals surface area contributed by atoms with Crippen LogP contribution in [0.25, 0.3) is 34.3 Å². The molecule has 0 bridgehead atoms. The van der Waals surface area contributed by atoms with Crippen LogP contribution in [0.15, 0.2) is 136 Å². The summed E-state index contributed by atoms with van der Waals surface area (Å²) in [7, 11) is 3.95. The fourth-order valence-corrected chi connectivity index (χ4v) is 7.56. The SMILES string of the molecule is CCOC(=O)C1=C(C)N=c2s/c(=C\c3cc(-c4ccccc4)n(-c4ccc(C)cc4)c3-c3ccccc3)c(=O)n2[C@H]1c1ccc(N(C)C)cc1. The van der Waals surface area contributed by atoms with Crippen molar-refractivity contribution in [2.45, 2.75) is 26.8 Å². The number of ether oxygens (including phenoxy) is 1. The molecule has 50 heavy (non-hydrogen) atoms. The lowest BCUT2D eigenvalue weighted by Gasteiger charge is -2.25. The molecule has 3 heterocycles. The molecule has 2 aromatic heterocycles. The normalized spacial score (nSPS) is 14.3. The summed E-state index contributed by atoms with van der Waals surface area (Å²) < 4.78 is 9.95. The Kier molecular flexibility index (Phi) is 8.95. The minimum Gasteiger partial charge on any atom is -0.463 e. The van der Waals surface area contributed by atoms with Gasteiger partial charge in [0.1, 0.15) is 0 Å². The van der Waals surface area contributed by atoms with Crippen molar-refractivity contribution in [2.24, 2.45) is 4.99 Å². The Morgan fingerprint density at radius 2 is 1.52 bits per heavy atom. The van der Waals surface area contributed by atoms with Crippen molar-refractivity contribution in [3.8, 4) is 28.2 Å². The minimum atomic E-state index is -0.686. The molecule has 7 nitrogen and oxygen atoms in total. The van der Waals surface area contributed by atoms with Crippen LogP contribution in [0.1, 0.15) is 36.6 Å². The first-order chi connectivity index (χ1) is 24.2. The molecule has 1 atom stereocenters. The number of aryl methyl sites for hydroxylation is 1. The lowest BCUT2D eigenvalue weighted by Crippen LogP contribution is -2.40. The van der Waals surface area contributed by atoms with Crippen molar-refractivity contribution in [1.29, 1.82) is 0 Å². The van der Waals surface area contributed by atoms with E-state index in [4.69, 9.17) is 9.73 Å². The third kappa shape index (κ3) is 6.03. The van der Waals surface area contributed by atoms with Crippen molar-refractivity contribution in [1.82, 2.24) is 9.13 Å². The van der Waals surface area contributed by atoms with Gasteiger partial charge in [-0.15, -0.1) is 0 Å². The van der Waals surface area contributed by atoms with Crippen LogP contribution in [-0.4, -0.2) is 35.8 Å². The quantitative estimate of drug-likeness (QED) is 0.159. The molecule has 0 saturated heterocycles. The Bertz CT molecular complexity index is 2400. The Hall–Kier alpha value is -5.73. The summed E-state index contributed by atoms with van der Waals surface area (Å²) in [5.74, 6) is -0.473. The van der Waals surface area contributed by atoms with Gasteiger partial charge >= 0.3 is 5.97 Å². The number of carbonyl (C=O) groups excluding carboxylic acids is 1. The van der Waals surface area contributed by atoms with Crippen LogP contribution in [0.2, 0.25) is 0 Å². The standard InChI is InChI=1S/C42H38N4O3S/c1-6-49-41(48)37-28(3)43-42-46(39(37)31-19-23-33(24-20-31)44(4)5)40(47)36(50-42)26-32-25-35(29-13-9-7-10-14-29)45(34-21-17-27(2)18-22-34)38(32)30-15-11-8-12-16-30/h7-26,39H,6H2,1-5H3/b36-26-/t39-/m0/s1. The van der Waals surface area contributed by atoms with E-state index in [0.29, 0.717) is 20.6 Å². The van der Waals surface area contributed by atoms with Gasteiger partial charge in [0.05, 0.1) is 39.8 Å². The topological polar surface area (TPSA) is 68.8 Å². The number of rotatable bonds is 8. The molecule has 7 rings (SSSR count). The highest BCUT2D eigenvalue weighted by molar-refractivity contribution is 7.07. The van der Waals surface area contributed by atoms with Gasteiger partial charge < -0.3 is 14.2 Å². The smallest absolute Gasteiger partial charge is 0.338 e. The molecule has 0 amide bonds. The van der Waals surface area contributed by atoms with Crippen LogP contribution < -0.4 is 19.8 Å². The van der Waals surface area contributed by atoms with Crippen LogP contribution >= 0.6 is 11.3 Å². The number of thiazole rings is 1. The van der Waals surface area contributed by atoms with Crippen molar-refractivity contribution >= 4 is 29.1 Å². The summed E-state index contributed by atoms with van der Waals surface area (Å²) in [4.78, 5) is 35.4. The highest BCUT2D eigenvalue weighted by Gasteiger charge is 2.33. The van der Waals surface area contributed by atoms with Gasteiger partial charge in [-0.2, -0.15) is 0 Å². The zero-order chi connectivity index (χ0) is 34.9. The summed E-state index contributed by atoms with van der Waals surface area (Å²) in [6.07, 6.45) is 1.97. The Morgan fingerprint density at radius 1 is 0.880 bits per heavy atom. The second-order valence-electron chi connectivity index (χ2n) is 12.5. The van der Waals surface area contributed by atoms with E-state index in [1.807, 2.05) is 92.7 Å². The third-order valence-electron chi connectivity index (χ3n) is 8.97. The average Bonchev–Trinajstić information content (AvgIpc) is 3.65. The molecule has 0 aliphatic carbocycles. The van der Waals surface area contributed by atoms with Gasteiger partial charge in [-0.1, -0.05) is 102 Å². The highest BCUT2D eigenvalue weighted by Crippen LogP contribution is 2.37.